The zero-order valence-corrected chi connectivity index (χ0v) is 12.6. The molecule has 5 nitrogen and oxygen atoms in total. The molecule has 0 saturated carbocycles. The third kappa shape index (κ3) is 4.82. The number of hydrogen-bond donors (Lipinski definition) is 0. The number of nitrogens with zero attached hydrogens (tertiary/aromatic N) is 3. The van der Waals surface area contributed by atoms with Gasteiger partial charge < -0.3 is 0 Å². The van der Waals surface area contributed by atoms with Gasteiger partial charge in [-0.2, -0.15) is 0 Å². The van der Waals surface area contributed by atoms with Crippen LogP contribution in [0.5, 0.6) is 0 Å². The van der Waals surface area contributed by atoms with Gasteiger partial charge in [0.2, 0.25) is 16.0 Å². The molecular formula is C12H13BrN3NaO2S. The monoisotopic (exact) mass is 365 g/mol. The third-order valence-electron chi connectivity index (χ3n) is 2.40. The topological polar surface area (TPSA) is 63.2 Å². The number of benzene rings is 1. The molecule has 0 atom stereocenters. The molecule has 2 aromatic rings. The number of halogens is 1. The Morgan fingerprint density at radius 1 is 1.15 bits per heavy atom. The molecule has 0 N–H and O–H groups in total. The maximum absolute atomic E-state index is 11.9. The van der Waals surface area contributed by atoms with E-state index in [1.165, 1.54) is 16.7 Å². The number of sulfonamides is 1. The molecule has 0 amide bonds. The van der Waals surface area contributed by atoms with Gasteiger partial charge in [-0.25, -0.2) is 22.7 Å². The Balaban J connectivity index is 0.00000200. The molecule has 0 unspecified atom stereocenters. The first kappa shape index (κ1) is 17.6. The summed E-state index contributed by atoms with van der Waals surface area (Å²) < 4.78 is 25.6. The zero-order chi connectivity index (χ0) is 13.9. The number of aromatic nitrogens is 2. The molecular weight excluding hydrogens is 353 g/mol. The summed E-state index contributed by atoms with van der Waals surface area (Å²) in [5, 5.41) is 0. The van der Waals surface area contributed by atoms with Crippen molar-refractivity contribution < 1.29 is 8.42 Å². The Labute approximate surface area is 148 Å². The summed E-state index contributed by atoms with van der Waals surface area (Å²) in [7, 11) is -3.44. The van der Waals surface area contributed by atoms with Gasteiger partial charge >= 0.3 is 29.6 Å². The van der Waals surface area contributed by atoms with Crippen LogP contribution in [0.15, 0.2) is 47.2 Å². The molecule has 0 radical (unpaired) electrons. The van der Waals surface area contributed by atoms with E-state index in [-0.39, 0.29) is 42.1 Å². The van der Waals surface area contributed by atoms with Crippen LogP contribution in [0.1, 0.15) is 5.56 Å². The van der Waals surface area contributed by atoms with Crippen LogP contribution in [-0.4, -0.2) is 54.2 Å². The van der Waals surface area contributed by atoms with Crippen molar-refractivity contribution in [1.82, 2.24) is 9.97 Å². The SMILES string of the molecule is CS(=O)(=O)N(Cc1ccccc1)c1ncc(Br)cn1.[NaH]. The van der Waals surface area contributed by atoms with E-state index in [0.29, 0.717) is 4.47 Å². The predicted molar refractivity (Wildman–Crippen MR) is 84.3 cm³/mol. The Morgan fingerprint density at radius 3 is 2.20 bits per heavy atom. The molecule has 0 aliphatic heterocycles. The summed E-state index contributed by atoms with van der Waals surface area (Å²) in [5.41, 5.74) is 0.874. The summed E-state index contributed by atoms with van der Waals surface area (Å²) in [5.74, 6) is 0.162. The van der Waals surface area contributed by atoms with Gasteiger partial charge in [0, 0.05) is 12.4 Å². The van der Waals surface area contributed by atoms with Crippen molar-refractivity contribution in [2.75, 3.05) is 10.6 Å². The first-order chi connectivity index (χ1) is 8.97. The minimum absolute atomic E-state index is 0. The molecule has 2 rings (SSSR count). The third-order valence-corrected chi connectivity index (χ3v) is 3.90. The Morgan fingerprint density at radius 2 is 1.70 bits per heavy atom. The molecule has 1 aromatic heterocycles. The average Bonchev–Trinajstić information content (AvgIpc) is 2.37. The van der Waals surface area contributed by atoms with Crippen LogP contribution < -0.4 is 4.31 Å². The van der Waals surface area contributed by atoms with Crippen LogP contribution in [0.3, 0.4) is 0 Å². The van der Waals surface area contributed by atoms with Crippen LogP contribution in [0.2, 0.25) is 0 Å². The number of hydrogen-bond acceptors (Lipinski definition) is 4. The molecule has 8 heteroatoms. The van der Waals surface area contributed by atoms with Gasteiger partial charge in [-0.1, -0.05) is 30.3 Å². The van der Waals surface area contributed by atoms with Gasteiger partial charge in [-0.05, 0) is 21.5 Å². The minimum atomic E-state index is -3.44. The van der Waals surface area contributed by atoms with E-state index < -0.39 is 10.0 Å². The van der Waals surface area contributed by atoms with Gasteiger partial charge in [0.25, 0.3) is 0 Å². The standard InChI is InChI=1S/C12H12BrN3O2S.Na.H/c1-19(17,18)16(9-10-5-3-2-4-6-10)12-14-7-11(13)8-15-12;;/h2-8H,9H2,1H3;;. The van der Waals surface area contributed by atoms with Crippen LogP contribution >= 0.6 is 15.9 Å². The van der Waals surface area contributed by atoms with Gasteiger partial charge in [0.15, 0.2) is 0 Å². The number of anilines is 1. The predicted octanol–water partition coefficient (Wildman–Crippen LogP) is 1.56. The molecule has 0 bridgehead atoms. The van der Waals surface area contributed by atoms with Gasteiger partial charge in [0.1, 0.15) is 0 Å². The van der Waals surface area contributed by atoms with Crippen molar-refractivity contribution in [3.05, 3.63) is 52.8 Å². The molecule has 1 heterocycles. The molecule has 0 aliphatic rings. The molecule has 0 saturated heterocycles. The van der Waals surface area contributed by atoms with Crippen molar-refractivity contribution in [3.8, 4) is 0 Å². The number of rotatable bonds is 4. The first-order valence-corrected chi connectivity index (χ1v) is 8.10. The Bertz CT molecular complexity index is 650. The van der Waals surface area contributed by atoms with E-state index >= 15 is 0 Å². The average molecular weight is 366 g/mol. The quantitative estimate of drug-likeness (QED) is 0.771. The Kier molecular flexibility index (Phi) is 6.60. The van der Waals surface area contributed by atoms with Crippen molar-refractivity contribution >= 4 is 61.5 Å². The summed E-state index contributed by atoms with van der Waals surface area (Å²) >= 11 is 3.22. The fourth-order valence-electron chi connectivity index (χ4n) is 1.52. The van der Waals surface area contributed by atoms with Crippen LogP contribution in [0.25, 0.3) is 0 Å². The van der Waals surface area contributed by atoms with Crippen molar-refractivity contribution in [2.24, 2.45) is 0 Å². The zero-order valence-electron chi connectivity index (χ0n) is 10.2. The normalized spacial score (nSPS) is 10.7. The molecule has 0 spiro atoms. The molecule has 102 valence electrons. The first-order valence-electron chi connectivity index (χ1n) is 5.46. The van der Waals surface area contributed by atoms with E-state index in [1.54, 1.807) is 0 Å². The molecule has 0 fully saturated rings. The van der Waals surface area contributed by atoms with Crippen molar-refractivity contribution in [2.45, 2.75) is 6.54 Å². The van der Waals surface area contributed by atoms with Crippen LogP contribution in [-0.2, 0) is 16.6 Å². The Hall–Kier alpha value is -0.470. The van der Waals surface area contributed by atoms with E-state index in [2.05, 4.69) is 25.9 Å². The van der Waals surface area contributed by atoms with E-state index in [9.17, 15) is 8.42 Å². The van der Waals surface area contributed by atoms with Crippen molar-refractivity contribution in [3.63, 3.8) is 0 Å². The molecule has 0 aliphatic carbocycles. The summed E-state index contributed by atoms with van der Waals surface area (Å²) in [4.78, 5) is 8.06. The summed E-state index contributed by atoms with van der Waals surface area (Å²) in [6.07, 6.45) is 4.18. The fourth-order valence-corrected chi connectivity index (χ4v) is 2.50. The van der Waals surface area contributed by atoms with Gasteiger partial charge in [-0.15, -0.1) is 0 Å². The van der Waals surface area contributed by atoms with E-state index in [4.69, 9.17) is 0 Å². The van der Waals surface area contributed by atoms with E-state index in [1.807, 2.05) is 30.3 Å². The molecule has 1 aromatic carbocycles. The van der Waals surface area contributed by atoms with Gasteiger partial charge in [-0.3, -0.25) is 0 Å². The van der Waals surface area contributed by atoms with Crippen LogP contribution in [0.4, 0.5) is 5.95 Å². The van der Waals surface area contributed by atoms with E-state index in [0.717, 1.165) is 11.8 Å². The second-order valence-electron chi connectivity index (χ2n) is 3.96. The second kappa shape index (κ2) is 7.51. The van der Waals surface area contributed by atoms with Crippen molar-refractivity contribution in [1.29, 1.82) is 0 Å². The summed E-state index contributed by atoms with van der Waals surface area (Å²) in [6.45, 7) is 0.210. The second-order valence-corrected chi connectivity index (χ2v) is 6.78. The fraction of sp³-hybridized carbons (Fsp3) is 0.167. The molecule has 20 heavy (non-hydrogen) atoms. The van der Waals surface area contributed by atoms with Crippen LogP contribution in [0, 0.1) is 0 Å². The maximum atomic E-state index is 11.9. The summed E-state index contributed by atoms with van der Waals surface area (Å²) in [6, 6.07) is 9.31. The van der Waals surface area contributed by atoms with Gasteiger partial charge in [0.05, 0.1) is 17.3 Å².